The second-order valence-corrected chi connectivity index (χ2v) is 11.4. The van der Waals surface area contributed by atoms with Gasteiger partial charge >= 0.3 is 11.9 Å². The van der Waals surface area contributed by atoms with E-state index in [0.717, 1.165) is 73.5 Å². The van der Waals surface area contributed by atoms with E-state index in [1.54, 1.807) is 55.5 Å². The van der Waals surface area contributed by atoms with Gasteiger partial charge in [0.15, 0.2) is 0 Å². The standard InChI is InChI=1S/C39H43NO8/c1-29-28-33(47-39(43)31-14-18-32(19-15-31)45-26-10-5-3-9-25-41)20-22-36(29)48-38(42)23-17-30-16-21-37(35-13-7-6-12-34(30)35)46-27-11-4-2-8-24-40-44/h6-7,12-23,28,41H,2-5,8-11,24-27H2,1H3/b23-17+. The highest BCUT2D eigenvalue weighted by molar-refractivity contribution is 5.98. The van der Waals surface area contributed by atoms with Crippen molar-refractivity contribution in [2.45, 2.75) is 58.3 Å². The highest BCUT2D eigenvalue weighted by Crippen LogP contribution is 2.30. The lowest BCUT2D eigenvalue weighted by Crippen LogP contribution is -2.09. The third-order valence-corrected chi connectivity index (χ3v) is 7.70. The number of hydrogen-bond donors (Lipinski definition) is 1. The first-order valence-corrected chi connectivity index (χ1v) is 16.5. The van der Waals surface area contributed by atoms with Crippen LogP contribution in [0.3, 0.4) is 0 Å². The van der Waals surface area contributed by atoms with Gasteiger partial charge in [0.05, 0.1) is 25.3 Å². The zero-order valence-electron chi connectivity index (χ0n) is 27.4. The molecule has 0 bridgehead atoms. The molecule has 4 aromatic rings. The third kappa shape index (κ3) is 11.3. The summed E-state index contributed by atoms with van der Waals surface area (Å²) >= 11 is 0. The zero-order chi connectivity index (χ0) is 34.0. The summed E-state index contributed by atoms with van der Waals surface area (Å²) in [5, 5.41) is 13.6. The molecule has 0 aliphatic heterocycles. The average molecular weight is 654 g/mol. The van der Waals surface area contributed by atoms with Crippen LogP contribution in [0.5, 0.6) is 23.0 Å². The van der Waals surface area contributed by atoms with Gasteiger partial charge in [-0.1, -0.05) is 48.4 Å². The minimum Gasteiger partial charge on any atom is -0.494 e. The number of unbranched alkanes of at least 4 members (excludes halogenated alkanes) is 6. The molecule has 0 radical (unpaired) electrons. The molecule has 4 aromatic carbocycles. The minimum absolute atomic E-state index is 0.214. The van der Waals surface area contributed by atoms with Crippen molar-refractivity contribution >= 4 is 28.8 Å². The number of nitroso groups, excluding NO2 is 1. The Labute approximate surface area is 281 Å². The molecule has 0 unspecified atom stereocenters. The van der Waals surface area contributed by atoms with Crippen molar-refractivity contribution in [1.29, 1.82) is 0 Å². The average Bonchev–Trinajstić information content (AvgIpc) is 3.10. The lowest BCUT2D eigenvalue weighted by atomic mass is 10.0. The number of aryl methyl sites for hydroxylation is 1. The number of benzene rings is 4. The van der Waals surface area contributed by atoms with Gasteiger partial charge in [0.25, 0.3) is 0 Å². The Morgan fingerprint density at radius 3 is 2.10 bits per heavy atom. The Balaban J connectivity index is 1.28. The molecule has 0 aromatic heterocycles. The predicted octanol–water partition coefficient (Wildman–Crippen LogP) is 8.62. The molecular weight excluding hydrogens is 610 g/mol. The van der Waals surface area contributed by atoms with Crippen LogP contribution in [0.2, 0.25) is 0 Å². The monoisotopic (exact) mass is 653 g/mol. The van der Waals surface area contributed by atoms with Crippen molar-refractivity contribution in [3.05, 3.63) is 107 Å². The fourth-order valence-electron chi connectivity index (χ4n) is 5.09. The summed E-state index contributed by atoms with van der Waals surface area (Å²) in [7, 11) is 0. The Hall–Kier alpha value is -5.02. The smallest absolute Gasteiger partial charge is 0.343 e. The first-order valence-electron chi connectivity index (χ1n) is 16.5. The van der Waals surface area contributed by atoms with E-state index in [0.29, 0.717) is 48.1 Å². The van der Waals surface area contributed by atoms with E-state index in [4.69, 9.17) is 24.1 Å². The van der Waals surface area contributed by atoms with Gasteiger partial charge in [0.1, 0.15) is 23.0 Å². The summed E-state index contributed by atoms with van der Waals surface area (Å²) in [4.78, 5) is 35.7. The van der Waals surface area contributed by atoms with E-state index < -0.39 is 11.9 Å². The van der Waals surface area contributed by atoms with Crippen LogP contribution < -0.4 is 18.9 Å². The van der Waals surface area contributed by atoms with Crippen LogP contribution in [-0.2, 0) is 4.79 Å². The number of aliphatic hydroxyl groups is 1. The maximum Gasteiger partial charge on any atom is 0.343 e. The van der Waals surface area contributed by atoms with E-state index in [2.05, 4.69) is 5.18 Å². The largest absolute Gasteiger partial charge is 0.494 e. The Kier molecular flexibility index (Phi) is 14.6. The number of nitrogens with zero attached hydrogens (tertiary/aromatic N) is 1. The minimum atomic E-state index is -0.538. The van der Waals surface area contributed by atoms with Crippen molar-refractivity contribution in [3.8, 4) is 23.0 Å². The molecule has 0 atom stereocenters. The van der Waals surface area contributed by atoms with Gasteiger partial charge in [-0.3, -0.25) is 0 Å². The fraction of sp³-hybridized carbons (Fsp3) is 0.333. The molecule has 0 heterocycles. The molecular formula is C39H43NO8. The van der Waals surface area contributed by atoms with Crippen LogP contribution in [0.4, 0.5) is 0 Å². The van der Waals surface area contributed by atoms with E-state index in [1.165, 1.54) is 6.08 Å². The van der Waals surface area contributed by atoms with E-state index >= 15 is 0 Å². The van der Waals surface area contributed by atoms with E-state index in [-0.39, 0.29) is 6.61 Å². The second kappa shape index (κ2) is 19.6. The number of ether oxygens (including phenoxy) is 4. The molecule has 0 aliphatic rings. The van der Waals surface area contributed by atoms with Crippen LogP contribution in [0.25, 0.3) is 16.8 Å². The first-order chi connectivity index (χ1) is 23.5. The second-order valence-electron chi connectivity index (χ2n) is 11.4. The number of carbonyl (C=O) groups excluding carboxylic acids is 2. The van der Waals surface area contributed by atoms with Crippen LogP contribution in [0.1, 0.15) is 72.9 Å². The van der Waals surface area contributed by atoms with Gasteiger partial charge in [-0.05, 0) is 117 Å². The van der Waals surface area contributed by atoms with Crippen LogP contribution in [0, 0.1) is 11.8 Å². The van der Waals surface area contributed by atoms with Gasteiger partial charge in [0.2, 0.25) is 0 Å². The van der Waals surface area contributed by atoms with Crippen LogP contribution >= 0.6 is 0 Å². The molecule has 0 fully saturated rings. The molecule has 4 rings (SSSR count). The molecule has 0 spiro atoms. The van der Waals surface area contributed by atoms with Gasteiger partial charge in [0, 0.05) is 18.1 Å². The number of aliphatic hydroxyl groups excluding tert-OH is 1. The third-order valence-electron chi connectivity index (χ3n) is 7.70. The predicted molar refractivity (Wildman–Crippen MR) is 187 cm³/mol. The van der Waals surface area contributed by atoms with E-state index in [9.17, 15) is 14.5 Å². The molecule has 0 saturated heterocycles. The molecule has 0 amide bonds. The quantitative estimate of drug-likeness (QED) is 0.0331. The normalized spacial score (nSPS) is 11.0. The summed E-state index contributed by atoms with van der Waals surface area (Å²) in [5.74, 6) is 1.10. The van der Waals surface area contributed by atoms with Crippen molar-refractivity contribution in [2.75, 3.05) is 26.4 Å². The van der Waals surface area contributed by atoms with Crippen molar-refractivity contribution in [3.63, 3.8) is 0 Å². The summed E-state index contributed by atoms with van der Waals surface area (Å²) in [6.07, 6.45) is 10.4. The summed E-state index contributed by atoms with van der Waals surface area (Å²) in [6.45, 7) is 3.50. The molecule has 48 heavy (non-hydrogen) atoms. The zero-order valence-corrected chi connectivity index (χ0v) is 27.4. The summed E-state index contributed by atoms with van der Waals surface area (Å²) in [6, 6.07) is 23.3. The first kappa shape index (κ1) is 35.8. The van der Waals surface area contributed by atoms with Gasteiger partial charge in [-0.25, -0.2) is 9.59 Å². The van der Waals surface area contributed by atoms with Crippen molar-refractivity contribution in [1.82, 2.24) is 0 Å². The number of rotatable bonds is 20. The lowest BCUT2D eigenvalue weighted by molar-refractivity contribution is -0.128. The number of hydrogen-bond acceptors (Lipinski definition) is 9. The van der Waals surface area contributed by atoms with Gasteiger partial charge in [-0.2, -0.15) is 4.91 Å². The van der Waals surface area contributed by atoms with Crippen molar-refractivity contribution in [2.24, 2.45) is 5.18 Å². The van der Waals surface area contributed by atoms with Crippen LogP contribution in [0.15, 0.2) is 90.1 Å². The number of fused-ring (bicyclic) bond motifs is 1. The maximum atomic E-state index is 12.7. The SMILES string of the molecule is Cc1cc(OC(=O)c2ccc(OCCCCCCO)cc2)ccc1OC(=O)/C=C/c1ccc(OCCCCCCN=O)c2ccccc12. The molecule has 9 nitrogen and oxygen atoms in total. The number of carbonyl (C=O) groups is 2. The number of esters is 2. The Morgan fingerprint density at radius 1 is 0.708 bits per heavy atom. The van der Waals surface area contributed by atoms with Gasteiger partial charge in [-0.15, -0.1) is 0 Å². The topological polar surface area (TPSA) is 121 Å². The molecule has 0 aliphatic carbocycles. The van der Waals surface area contributed by atoms with Crippen molar-refractivity contribution < 1.29 is 33.6 Å². The Morgan fingerprint density at radius 2 is 1.38 bits per heavy atom. The molecule has 252 valence electrons. The summed E-state index contributed by atoms with van der Waals surface area (Å²) in [5.41, 5.74) is 1.87. The van der Waals surface area contributed by atoms with E-state index in [1.807, 2.05) is 36.4 Å². The molecule has 1 N–H and O–H groups in total. The van der Waals surface area contributed by atoms with Gasteiger partial charge < -0.3 is 24.1 Å². The Bertz CT molecular complexity index is 1660. The lowest BCUT2D eigenvalue weighted by Gasteiger charge is -2.11. The fourth-order valence-corrected chi connectivity index (χ4v) is 5.09. The highest BCUT2D eigenvalue weighted by atomic mass is 16.5. The molecule has 0 saturated carbocycles. The van der Waals surface area contributed by atoms with Crippen LogP contribution in [-0.4, -0.2) is 43.4 Å². The highest BCUT2D eigenvalue weighted by Gasteiger charge is 2.12. The maximum absolute atomic E-state index is 12.7. The summed E-state index contributed by atoms with van der Waals surface area (Å²) < 4.78 is 22.9. The molecule has 9 heteroatoms.